The van der Waals surface area contributed by atoms with Crippen LogP contribution >= 0.6 is 11.8 Å². The molecule has 14 heavy (non-hydrogen) atoms. The van der Waals surface area contributed by atoms with Gasteiger partial charge in [0.15, 0.2) is 5.78 Å². The highest BCUT2D eigenvalue weighted by molar-refractivity contribution is 7.99. The second-order valence-electron chi connectivity index (χ2n) is 2.86. The van der Waals surface area contributed by atoms with Crippen LogP contribution in [0.3, 0.4) is 0 Å². The molecule has 0 amide bonds. The maximum absolute atomic E-state index is 11.1. The molecule has 1 heterocycles. The van der Waals surface area contributed by atoms with Crippen LogP contribution < -0.4 is 0 Å². The lowest BCUT2D eigenvalue weighted by Crippen LogP contribution is -1.94. The van der Waals surface area contributed by atoms with Crippen molar-refractivity contribution >= 4 is 17.5 Å². The fourth-order valence-corrected chi connectivity index (χ4v) is 1.78. The van der Waals surface area contributed by atoms with E-state index in [1.807, 2.05) is 0 Å². The summed E-state index contributed by atoms with van der Waals surface area (Å²) < 4.78 is 0. The van der Waals surface area contributed by atoms with E-state index in [9.17, 15) is 4.79 Å². The van der Waals surface area contributed by atoms with Crippen molar-refractivity contribution in [1.29, 1.82) is 0 Å². The standard InChI is InChI=1S/C10H13NO2S/c1-8(13)9-3-4-11-10(7-9)14-6-2-5-12/h3-4,7,12H,2,5-6H2,1H3. The van der Waals surface area contributed by atoms with Gasteiger partial charge in [-0.2, -0.15) is 0 Å². The first-order valence-corrected chi connectivity index (χ1v) is 5.43. The highest BCUT2D eigenvalue weighted by Crippen LogP contribution is 2.17. The van der Waals surface area contributed by atoms with Crippen LogP contribution in [-0.4, -0.2) is 28.2 Å². The second kappa shape index (κ2) is 5.78. The van der Waals surface area contributed by atoms with Crippen LogP contribution in [0, 0.1) is 0 Å². The van der Waals surface area contributed by atoms with Gasteiger partial charge in [0.2, 0.25) is 0 Å². The Bertz CT molecular complexity index is 315. The summed E-state index contributed by atoms with van der Waals surface area (Å²) in [6.45, 7) is 1.73. The monoisotopic (exact) mass is 211 g/mol. The zero-order valence-corrected chi connectivity index (χ0v) is 8.88. The van der Waals surface area contributed by atoms with E-state index in [4.69, 9.17) is 5.11 Å². The lowest BCUT2D eigenvalue weighted by atomic mass is 10.2. The first-order valence-electron chi connectivity index (χ1n) is 4.44. The van der Waals surface area contributed by atoms with Gasteiger partial charge < -0.3 is 5.11 Å². The summed E-state index contributed by atoms with van der Waals surface area (Å²) in [6.07, 6.45) is 2.38. The molecule has 0 aromatic carbocycles. The molecular formula is C10H13NO2S. The van der Waals surface area contributed by atoms with Gasteiger partial charge in [0.05, 0.1) is 5.03 Å². The van der Waals surface area contributed by atoms with E-state index in [0.717, 1.165) is 17.2 Å². The van der Waals surface area contributed by atoms with Crippen LogP contribution in [0.15, 0.2) is 23.4 Å². The normalized spacial score (nSPS) is 10.1. The topological polar surface area (TPSA) is 50.2 Å². The first-order chi connectivity index (χ1) is 6.74. The summed E-state index contributed by atoms with van der Waals surface area (Å²) in [7, 11) is 0. The van der Waals surface area contributed by atoms with Gasteiger partial charge in [-0.25, -0.2) is 4.98 Å². The van der Waals surface area contributed by atoms with E-state index >= 15 is 0 Å². The molecule has 0 saturated carbocycles. The summed E-state index contributed by atoms with van der Waals surface area (Å²) in [5.41, 5.74) is 0.687. The second-order valence-corrected chi connectivity index (χ2v) is 3.98. The fraction of sp³-hybridized carbons (Fsp3) is 0.400. The molecule has 0 aliphatic rings. The van der Waals surface area contributed by atoms with Crippen molar-refractivity contribution in [3.8, 4) is 0 Å². The van der Waals surface area contributed by atoms with Crippen molar-refractivity contribution in [1.82, 2.24) is 4.98 Å². The Labute approximate surface area is 87.6 Å². The number of hydrogen-bond donors (Lipinski definition) is 1. The number of thioether (sulfide) groups is 1. The number of aliphatic hydroxyl groups excluding tert-OH is 1. The molecule has 0 bridgehead atoms. The molecule has 0 saturated heterocycles. The van der Waals surface area contributed by atoms with Gasteiger partial charge in [0.1, 0.15) is 0 Å². The number of hydrogen-bond acceptors (Lipinski definition) is 4. The summed E-state index contributed by atoms with van der Waals surface area (Å²) in [4.78, 5) is 15.2. The first kappa shape index (κ1) is 11.2. The van der Waals surface area contributed by atoms with E-state index in [1.165, 1.54) is 6.92 Å². The number of carbonyl (C=O) groups excluding carboxylic acids is 1. The predicted molar refractivity (Wildman–Crippen MR) is 56.7 cm³/mol. The van der Waals surface area contributed by atoms with E-state index < -0.39 is 0 Å². The number of Topliss-reactive ketones (excluding diaryl/α,β-unsaturated/α-hetero) is 1. The van der Waals surface area contributed by atoms with Crippen LogP contribution in [0.25, 0.3) is 0 Å². The Morgan fingerprint density at radius 1 is 1.64 bits per heavy atom. The minimum Gasteiger partial charge on any atom is -0.396 e. The maximum Gasteiger partial charge on any atom is 0.159 e. The highest BCUT2D eigenvalue weighted by Gasteiger charge is 2.01. The molecule has 76 valence electrons. The third kappa shape index (κ3) is 3.47. The summed E-state index contributed by atoms with van der Waals surface area (Å²) in [6, 6.07) is 3.49. The molecule has 0 unspecified atom stereocenters. The molecule has 0 radical (unpaired) electrons. The Hall–Kier alpha value is -0.870. The van der Waals surface area contributed by atoms with Gasteiger partial charge in [-0.05, 0) is 25.5 Å². The van der Waals surface area contributed by atoms with Gasteiger partial charge in [-0.3, -0.25) is 4.79 Å². The molecular weight excluding hydrogens is 198 g/mol. The van der Waals surface area contributed by atoms with E-state index in [2.05, 4.69) is 4.98 Å². The van der Waals surface area contributed by atoms with Crippen LogP contribution in [0.5, 0.6) is 0 Å². The third-order valence-corrected chi connectivity index (χ3v) is 2.71. The largest absolute Gasteiger partial charge is 0.396 e. The van der Waals surface area contributed by atoms with E-state index in [1.54, 1.807) is 30.1 Å². The Morgan fingerprint density at radius 2 is 2.43 bits per heavy atom. The molecule has 0 aliphatic carbocycles. The highest BCUT2D eigenvalue weighted by atomic mass is 32.2. The van der Waals surface area contributed by atoms with Crippen molar-refractivity contribution in [2.75, 3.05) is 12.4 Å². The summed E-state index contributed by atoms with van der Waals surface area (Å²) >= 11 is 1.55. The summed E-state index contributed by atoms with van der Waals surface area (Å²) in [5, 5.41) is 9.44. The zero-order valence-electron chi connectivity index (χ0n) is 8.06. The van der Waals surface area contributed by atoms with Crippen LogP contribution in [0.4, 0.5) is 0 Å². The molecule has 0 atom stereocenters. The lowest BCUT2D eigenvalue weighted by molar-refractivity contribution is 0.101. The number of nitrogens with zero attached hydrogens (tertiary/aromatic N) is 1. The van der Waals surface area contributed by atoms with Crippen LogP contribution in [0.1, 0.15) is 23.7 Å². The number of pyridine rings is 1. The molecule has 1 rings (SSSR count). The number of carbonyl (C=O) groups is 1. The van der Waals surface area contributed by atoms with Crippen LogP contribution in [-0.2, 0) is 0 Å². The predicted octanol–water partition coefficient (Wildman–Crippen LogP) is 1.76. The van der Waals surface area contributed by atoms with Gasteiger partial charge in [0, 0.05) is 24.1 Å². The quantitative estimate of drug-likeness (QED) is 0.458. The summed E-state index contributed by atoms with van der Waals surface area (Å²) in [5.74, 6) is 0.876. The number of aliphatic hydroxyl groups is 1. The SMILES string of the molecule is CC(=O)c1ccnc(SCCCO)c1. The Balaban J connectivity index is 2.59. The molecule has 3 nitrogen and oxygen atoms in total. The molecule has 1 aromatic rings. The molecule has 4 heteroatoms. The average Bonchev–Trinajstić information content (AvgIpc) is 2.19. The number of rotatable bonds is 5. The van der Waals surface area contributed by atoms with Crippen molar-refractivity contribution in [2.24, 2.45) is 0 Å². The van der Waals surface area contributed by atoms with Gasteiger partial charge in [-0.15, -0.1) is 11.8 Å². The number of ketones is 1. The average molecular weight is 211 g/mol. The molecule has 0 aliphatic heterocycles. The Morgan fingerprint density at radius 3 is 3.07 bits per heavy atom. The van der Waals surface area contributed by atoms with Crippen molar-refractivity contribution < 1.29 is 9.90 Å². The van der Waals surface area contributed by atoms with Crippen LogP contribution in [0.2, 0.25) is 0 Å². The maximum atomic E-state index is 11.1. The van der Waals surface area contributed by atoms with E-state index in [0.29, 0.717) is 5.56 Å². The van der Waals surface area contributed by atoms with Gasteiger partial charge >= 0.3 is 0 Å². The van der Waals surface area contributed by atoms with Gasteiger partial charge in [0.25, 0.3) is 0 Å². The van der Waals surface area contributed by atoms with Crippen molar-refractivity contribution in [3.63, 3.8) is 0 Å². The van der Waals surface area contributed by atoms with Gasteiger partial charge in [-0.1, -0.05) is 0 Å². The van der Waals surface area contributed by atoms with Crippen molar-refractivity contribution in [2.45, 2.75) is 18.4 Å². The zero-order chi connectivity index (χ0) is 10.4. The lowest BCUT2D eigenvalue weighted by Gasteiger charge is -2.00. The Kier molecular flexibility index (Phi) is 4.62. The molecule has 1 aromatic heterocycles. The number of aromatic nitrogens is 1. The van der Waals surface area contributed by atoms with Crippen molar-refractivity contribution in [3.05, 3.63) is 23.9 Å². The molecule has 0 spiro atoms. The minimum atomic E-state index is 0.0522. The minimum absolute atomic E-state index is 0.0522. The fourth-order valence-electron chi connectivity index (χ4n) is 0.949. The third-order valence-electron chi connectivity index (χ3n) is 1.69. The van der Waals surface area contributed by atoms with E-state index in [-0.39, 0.29) is 12.4 Å². The smallest absolute Gasteiger partial charge is 0.159 e. The molecule has 0 fully saturated rings. The molecule has 1 N–H and O–H groups in total.